The summed E-state index contributed by atoms with van der Waals surface area (Å²) < 4.78 is 16.4. The molecule has 1 aliphatic carbocycles. The molecule has 0 unspecified atom stereocenters. The normalized spacial score (nSPS) is 25.6. The van der Waals surface area contributed by atoms with Gasteiger partial charge < -0.3 is 60.0 Å². The number of aliphatic carboxylic acids is 1. The largest absolute Gasteiger partial charge is 0.481 e. The number of fused-ring (bicyclic) bond motifs is 1. The van der Waals surface area contributed by atoms with E-state index < -0.39 is 66.9 Å². The van der Waals surface area contributed by atoms with E-state index in [2.05, 4.69) is 26.8 Å². The Labute approximate surface area is 333 Å². The second-order valence-electron chi connectivity index (χ2n) is 15.1. The first-order valence-electron chi connectivity index (χ1n) is 19.0. The fourth-order valence-corrected chi connectivity index (χ4v) is 8.65. The van der Waals surface area contributed by atoms with E-state index in [-0.39, 0.29) is 44.2 Å². The number of hydrogen-bond donors (Lipinski definition) is 9. The van der Waals surface area contributed by atoms with Gasteiger partial charge in [0.2, 0.25) is 0 Å². The van der Waals surface area contributed by atoms with Crippen LogP contribution in [-0.4, -0.2) is 127 Å². The smallest absolute Gasteiger partial charge is 0.317 e. The van der Waals surface area contributed by atoms with Crippen LogP contribution in [0, 0.1) is 26.7 Å². The molecule has 17 heteroatoms. The zero-order chi connectivity index (χ0) is 42.3. The van der Waals surface area contributed by atoms with E-state index in [1.807, 2.05) is 13.8 Å². The van der Waals surface area contributed by atoms with E-state index in [4.69, 9.17) is 14.2 Å². The first kappa shape index (κ1) is 42.4. The molecule has 1 saturated heterocycles. The molecule has 312 valence electrons. The molecule has 3 aromatic rings. The zero-order valence-electron chi connectivity index (χ0n) is 32.9. The van der Waals surface area contributed by atoms with Gasteiger partial charge in [0.25, 0.3) is 5.91 Å². The van der Waals surface area contributed by atoms with Crippen molar-refractivity contribution in [2.75, 3.05) is 20.3 Å². The maximum atomic E-state index is 14.3. The lowest BCUT2D eigenvalue weighted by molar-refractivity contribution is -0.300. The zero-order valence-corrected chi connectivity index (χ0v) is 32.9. The van der Waals surface area contributed by atoms with Crippen LogP contribution >= 0.6 is 0 Å². The predicted octanol–water partition coefficient (Wildman–Crippen LogP) is 1.04. The van der Waals surface area contributed by atoms with Gasteiger partial charge in [0.05, 0.1) is 38.0 Å². The summed E-state index contributed by atoms with van der Waals surface area (Å²) in [4.78, 5) is 74.3. The van der Waals surface area contributed by atoms with Gasteiger partial charge in [0, 0.05) is 58.9 Å². The van der Waals surface area contributed by atoms with Gasteiger partial charge in [-0.05, 0) is 73.9 Å². The number of aromatic amines is 3. The number of Topliss-reactive ketones (excluding diaryl/α,β-unsaturated/α-hetero) is 1. The van der Waals surface area contributed by atoms with Crippen LogP contribution in [0.5, 0.6) is 0 Å². The van der Waals surface area contributed by atoms with Crippen LogP contribution < -0.4 is 5.32 Å². The third kappa shape index (κ3) is 7.49. The molecule has 1 fully saturated rings. The maximum Gasteiger partial charge on any atom is 0.317 e. The number of methoxy groups -OCH3 is 1. The molecule has 0 aromatic carbocycles. The summed E-state index contributed by atoms with van der Waals surface area (Å²) >= 11 is 0. The second kappa shape index (κ2) is 17.0. The molecule has 2 aliphatic heterocycles. The maximum absolute atomic E-state index is 14.3. The lowest BCUT2D eigenvalue weighted by Crippen LogP contribution is -2.59. The SMILES string of the molecule is C=CC1=C(C)[C@@H](Cc2[nH]c([C@@H]3c4[nH]c(Cc5[nH]c(C=O)c(C)c5CCO[C@H]5O[C@@H](CO)[C@H](O)[C@@H](O)[C@@H]5O)c(C)c4C(=O)[C@H]3C(=O)OC)c(CCC(=O)O)c2C)NC1=O. The molecule has 9 N–H and O–H groups in total. The summed E-state index contributed by atoms with van der Waals surface area (Å²) in [6.45, 7) is 10.3. The number of ketones is 1. The highest BCUT2D eigenvalue weighted by Crippen LogP contribution is 2.47. The molecule has 8 atom stereocenters. The van der Waals surface area contributed by atoms with Crippen LogP contribution in [-0.2, 0) is 54.3 Å². The number of aliphatic hydroxyl groups is 4. The molecule has 0 spiro atoms. The van der Waals surface area contributed by atoms with Crippen LogP contribution in [0.3, 0.4) is 0 Å². The van der Waals surface area contributed by atoms with Crippen molar-refractivity contribution in [3.63, 3.8) is 0 Å². The van der Waals surface area contributed by atoms with E-state index in [9.17, 15) is 49.5 Å². The summed E-state index contributed by atoms with van der Waals surface area (Å²) in [6.07, 6.45) is -4.42. The van der Waals surface area contributed by atoms with Gasteiger partial charge >= 0.3 is 11.9 Å². The fraction of sp³-hybridized carbons (Fsp3) is 0.488. The third-order valence-corrected chi connectivity index (χ3v) is 12.0. The number of rotatable bonds is 16. The lowest BCUT2D eigenvalue weighted by Gasteiger charge is -2.39. The Morgan fingerprint density at radius 1 is 0.897 bits per heavy atom. The van der Waals surface area contributed by atoms with Crippen molar-refractivity contribution in [3.05, 3.63) is 91.3 Å². The van der Waals surface area contributed by atoms with Gasteiger partial charge in [-0.25, -0.2) is 0 Å². The number of amides is 1. The molecular formula is C41H50N4O13. The Bertz CT molecular complexity index is 2170. The van der Waals surface area contributed by atoms with Gasteiger partial charge in [0.1, 0.15) is 30.3 Å². The Morgan fingerprint density at radius 3 is 2.22 bits per heavy atom. The molecule has 1 amide bonds. The highest BCUT2D eigenvalue weighted by Gasteiger charge is 2.50. The number of hydrogen-bond acceptors (Lipinski definition) is 12. The molecule has 3 aromatic heterocycles. The standard InChI is InChI=1S/C41H50N4O13/c1-7-20-16(2)24(45-39(20)54)12-23-18(4)22(8-9-29(48)49)33(43-23)31-32(40(55)56-6)36(51)30-19(5)25(44-34(30)31)13-26-21(17(3)27(14-46)42-26)10-11-57-41-38(53)37(52)35(50)28(15-47)58-41/h7,14,24,28,31-32,35,37-38,41-44,47,50,52-53H,1,8-13,15H2,2-6H3,(H,45,54)(H,48,49)/t24-,28+,31-,32+,35+,37-,38+,41+/m1/s1. The molecular weight excluding hydrogens is 756 g/mol. The quantitative estimate of drug-likeness (QED) is 0.0557. The highest BCUT2D eigenvalue weighted by atomic mass is 16.7. The van der Waals surface area contributed by atoms with Crippen molar-refractivity contribution in [2.45, 2.75) is 102 Å². The number of aldehydes is 1. The van der Waals surface area contributed by atoms with Gasteiger partial charge in [0.15, 0.2) is 18.4 Å². The number of carboxylic acids is 1. The Morgan fingerprint density at radius 2 is 1.60 bits per heavy atom. The minimum atomic E-state index is -1.61. The van der Waals surface area contributed by atoms with E-state index in [1.165, 1.54) is 13.2 Å². The number of carbonyl (C=O) groups excluding carboxylic acids is 4. The Hall–Kier alpha value is -5.17. The molecule has 0 saturated carbocycles. The van der Waals surface area contributed by atoms with Crippen molar-refractivity contribution in [3.8, 4) is 0 Å². The third-order valence-electron chi connectivity index (χ3n) is 12.0. The summed E-state index contributed by atoms with van der Waals surface area (Å²) in [6, 6.07) is -0.369. The molecule has 0 radical (unpaired) electrons. The topological polar surface area (TPSA) is 274 Å². The van der Waals surface area contributed by atoms with Gasteiger partial charge in [-0.15, -0.1) is 0 Å². The first-order chi connectivity index (χ1) is 27.6. The predicted molar refractivity (Wildman–Crippen MR) is 204 cm³/mol. The molecule has 58 heavy (non-hydrogen) atoms. The van der Waals surface area contributed by atoms with E-state index in [0.717, 1.165) is 11.1 Å². The van der Waals surface area contributed by atoms with Crippen LogP contribution in [0.1, 0.15) is 96.4 Å². The van der Waals surface area contributed by atoms with E-state index in [0.29, 0.717) is 80.3 Å². The van der Waals surface area contributed by atoms with Crippen LogP contribution in [0.4, 0.5) is 0 Å². The van der Waals surface area contributed by atoms with E-state index in [1.54, 1.807) is 13.8 Å². The van der Waals surface area contributed by atoms with Gasteiger partial charge in [-0.1, -0.05) is 12.7 Å². The Kier molecular flexibility index (Phi) is 12.4. The van der Waals surface area contributed by atoms with Gasteiger partial charge in [-0.3, -0.25) is 24.0 Å². The molecule has 3 aliphatic rings. The van der Waals surface area contributed by atoms with Crippen molar-refractivity contribution >= 4 is 29.9 Å². The number of aromatic nitrogens is 3. The summed E-state index contributed by atoms with van der Waals surface area (Å²) in [5.74, 6) is -4.68. The van der Waals surface area contributed by atoms with Crippen molar-refractivity contribution in [1.29, 1.82) is 0 Å². The number of esters is 1. The number of carboxylic acid groups (broad SMARTS) is 1. The summed E-state index contributed by atoms with van der Waals surface area (Å²) in [7, 11) is 1.20. The number of nitrogens with one attached hydrogen (secondary N) is 4. The number of ether oxygens (including phenoxy) is 3. The van der Waals surface area contributed by atoms with Crippen molar-refractivity contribution < 1.29 is 63.7 Å². The van der Waals surface area contributed by atoms with Gasteiger partial charge in [-0.2, -0.15) is 0 Å². The highest BCUT2D eigenvalue weighted by molar-refractivity contribution is 6.14. The monoisotopic (exact) mass is 806 g/mol. The van der Waals surface area contributed by atoms with Crippen LogP contribution in [0.25, 0.3) is 0 Å². The van der Waals surface area contributed by atoms with E-state index >= 15 is 0 Å². The first-order valence-corrected chi connectivity index (χ1v) is 19.0. The average molecular weight is 807 g/mol. The van der Waals surface area contributed by atoms with Crippen LogP contribution in [0.15, 0.2) is 23.8 Å². The summed E-state index contributed by atoms with van der Waals surface area (Å²) in [5, 5.41) is 52.9. The van der Waals surface area contributed by atoms with Crippen LogP contribution in [0.2, 0.25) is 0 Å². The second-order valence-corrected chi connectivity index (χ2v) is 15.1. The fourth-order valence-electron chi connectivity index (χ4n) is 8.65. The molecule has 0 bridgehead atoms. The minimum absolute atomic E-state index is 0.0450. The average Bonchev–Trinajstić information content (AvgIpc) is 3.94. The Balaban J connectivity index is 1.35. The molecule has 5 heterocycles. The molecule has 17 nitrogen and oxygen atoms in total. The lowest BCUT2D eigenvalue weighted by atomic mass is 9.87. The molecule has 6 rings (SSSR count). The van der Waals surface area contributed by atoms with Crippen molar-refractivity contribution in [1.82, 2.24) is 20.3 Å². The number of H-pyrrole nitrogens is 3. The summed E-state index contributed by atoms with van der Waals surface area (Å²) in [5.41, 5.74) is 8.08. The minimum Gasteiger partial charge on any atom is -0.481 e. The van der Waals surface area contributed by atoms with Crippen molar-refractivity contribution in [2.24, 2.45) is 5.92 Å². The number of carbonyl (C=O) groups is 5. The number of aliphatic hydroxyl groups excluding tert-OH is 4.